The monoisotopic (exact) mass is 653 g/mol. The van der Waals surface area contributed by atoms with Crippen molar-refractivity contribution in [1.29, 1.82) is 0 Å². The van der Waals surface area contributed by atoms with Crippen LogP contribution in [-0.4, -0.2) is 15.0 Å². The molecule has 0 saturated carbocycles. The number of hydrogen-bond acceptors (Lipinski definition) is 4. The van der Waals surface area contributed by atoms with E-state index in [-0.39, 0.29) is 0 Å². The Bertz CT molecular complexity index is 2540. The van der Waals surface area contributed by atoms with E-state index in [1.807, 2.05) is 54.7 Å². The van der Waals surface area contributed by atoms with E-state index in [1.165, 1.54) is 0 Å². The van der Waals surface area contributed by atoms with Crippen molar-refractivity contribution in [2.45, 2.75) is 0 Å². The third-order valence-electron chi connectivity index (χ3n) is 9.26. The largest absolute Gasteiger partial charge is 0.456 e. The fourth-order valence-corrected chi connectivity index (χ4v) is 6.66. The molecule has 0 aliphatic carbocycles. The van der Waals surface area contributed by atoms with Crippen molar-refractivity contribution >= 4 is 12.2 Å². The summed E-state index contributed by atoms with van der Waals surface area (Å²) in [5.41, 5.74) is 13.3. The van der Waals surface area contributed by atoms with Crippen LogP contribution in [0.1, 0.15) is 11.1 Å². The first-order valence-corrected chi connectivity index (χ1v) is 17.0. The third-order valence-corrected chi connectivity index (χ3v) is 9.26. The highest BCUT2D eigenvalue weighted by Gasteiger charge is 2.18. The highest BCUT2D eigenvalue weighted by atomic mass is 16.5. The predicted molar refractivity (Wildman–Crippen MR) is 208 cm³/mol. The van der Waals surface area contributed by atoms with Gasteiger partial charge in [0.2, 0.25) is 0 Å². The van der Waals surface area contributed by atoms with Crippen molar-refractivity contribution in [3.05, 3.63) is 187 Å². The average Bonchev–Trinajstić information content (AvgIpc) is 3.23. The minimum absolute atomic E-state index is 0.664. The molecule has 0 spiro atoms. The van der Waals surface area contributed by atoms with Gasteiger partial charge in [-0.25, -0.2) is 9.97 Å². The van der Waals surface area contributed by atoms with E-state index < -0.39 is 0 Å². The summed E-state index contributed by atoms with van der Waals surface area (Å²) < 4.78 is 6.77. The smallest absolute Gasteiger partial charge is 0.160 e. The van der Waals surface area contributed by atoms with Crippen LogP contribution < -0.4 is 4.74 Å². The number of ether oxygens (including phenoxy) is 1. The standard InChI is InChI=1S/C47H31N3O/c1-2-12-35(13-3-1)43-30-44(50-47(49-43)36-25-20-32(21-26-36)38-14-10-28-48-31-38)37-27-24-34-23-22-33-11-4-5-15-39(33)40-16-6-8-18-45(40)51-46-19-9-7-17-41(46)42(34)29-37/h1-31H/b23-22-. The summed E-state index contributed by atoms with van der Waals surface area (Å²) in [6.45, 7) is 0. The summed E-state index contributed by atoms with van der Waals surface area (Å²) in [4.78, 5) is 14.5. The molecule has 0 atom stereocenters. The highest BCUT2D eigenvalue weighted by molar-refractivity contribution is 5.90. The molecule has 4 heteroatoms. The maximum Gasteiger partial charge on any atom is 0.160 e. The van der Waals surface area contributed by atoms with Gasteiger partial charge in [-0.15, -0.1) is 0 Å². The van der Waals surface area contributed by atoms with Crippen molar-refractivity contribution in [3.8, 4) is 78.8 Å². The Hall–Kier alpha value is -6.91. The normalized spacial score (nSPS) is 12.2. The molecule has 0 bridgehead atoms. The fourth-order valence-electron chi connectivity index (χ4n) is 6.66. The second-order valence-corrected chi connectivity index (χ2v) is 12.5. The zero-order valence-electron chi connectivity index (χ0n) is 27.6. The topological polar surface area (TPSA) is 47.9 Å². The average molecular weight is 654 g/mol. The Kier molecular flexibility index (Phi) is 7.80. The summed E-state index contributed by atoms with van der Waals surface area (Å²) in [6, 6.07) is 56.3. The van der Waals surface area contributed by atoms with Crippen LogP contribution in [0.15, 0.2) is 176 Å². The van der Waals surface area contributed by atoms with Crippen molar-refractivity contribution < 1.29 is 4.74 Å². The SMILES string of the molecule is C1=C\c2ccc(-c3cc(-c4ccccc4)nc(-c4ccc(-c5cccnc5)cc4)n3)cc2-c2ccccc2Oc2ccccc2-c2ccccc2/1. The van der Waals surface area contributed by atoms with Gasteiger partial charge in [-0.2, -0.15) is 0 Å². The number of nitrogens with zero attached hydrogens (tertiary/aromatic N) is 3. The van der Waals surface area contributed by atoms with E-state index in [2.05, 4.69) is 132 Å². The molecule has 2 aromatic heterocycles. The predicted octanol–water partition coefficient (Wildman–Crippen LogP) is 12.1. The molecule has 4 nitrogen and oxygen atoms in total. The molecular weight excluding hydrogens is 623 g/mol. The summed E-state index contributed by atoms with van der Waals surface area (Å²) in [5, 5.41) is 0. The molecule has 0 fully saturated rings. The lowest BCUT2D eigenvalue weighted by Crippen LogP contribution is -1.97. The summed E-state index contributed by atoms with van der Waals surface area (Å²) in [5.74, 6) is 2.27. The number of aromatic nitrogens is 3. The van der Waals surface area contributed by atoms with Crippen LogP contribution in [-0.2, 0) is 0 Å². The molecule has 0 radical (unpaired) electrons. The summed E-state index contributed by atoms with van der Waals surface area (Å²) in [7, 11) is 0. The number of rotatable bonds is 4. The van der Waals surface area contributed by atoms with Crippen LogP contribution in [0.5, 0.6) is 11.5 Å². The Labute approximate surface area is 297 Å². The van der Waals surface area contributed by atoms with Gasteiger partial charge in [-0.05, 0) is 63.7 Å². The molecule has 1 aliphatic heterocycles. The second-order valence-electron chi connectivity index (χ2n) is 12.5. The zero-order valence-corrected chi connectivity index (χ0v) is 27.6. The Morgan fingerprint density at radius 3 is 1.67 bits per heavy atom. The maximum absolute atomic E-state index is 6.77. The van der Waals surface area contributed by atoms with Gasteiger partial charge in [0.1, 0.15) is 11.5 Å². The number of pyridine rings is 1. The molecule has 3 heterocycles. The van der Waals surface area contributed by atoms with E-state index in [9.17, 15) is 0 Å². The molecule has 0 N–H and O–H groups in total. The lowest BCUT2D eigenvalue weighted by atomic mass is 9.94. The first-order chi connectivity index (χ1) is 25.3. The first kappa shape index (κ1) is 30.2. The molecule has 0 amide bonds. The highest BCUT2D eigenvalue weighted by Crippen LogP contribution is 2.42. The first-order valence-electron chi connectivity index (χ1n) is 17.0. The van der Waals surface area contributed by atoms with Crippen LogP contribution in [0.3, 0.4) is 0 Å². The molecule has 9 rings (SSSR count). The number of benzene rings is 6. The second kappa shape index (κ2) is 13.2. The Balaban J connectivity index is 1.21. The van der Waals surface area contributed by atoms with Crippen molar-refractivity contribution in [3.63, 3.8) is 0 Å². The van der Waals surface area contributed by atoms with Gasteiger partial charge in [-0.3, -0.25) is 4.98 Å². The minimum Gasteiger partial charge on any atom is -0.456 e. The van der Waals surface area contributed by atoms with E-state index >= 15 is 0 Å². The number of hydrogen-bond donors (Lipinski definition) is 0. The van der Waals surface area contributed by atoms with Gasteiger partial charge in [-0.1, -0.05) is 146 Å². The Morgan fingerprint density at radius 2 is 0.941 bits per heavy atom. The van der Waals surface area contributed by atoms with Gasteiger partial charge >= 0.3 is 0 Å². The van der Waals surface area contributed by atoms with E-state index in [0.717, 1.165) is 84.1 Å². The lowest BCUT2D eigenvalue weighted by molar-refractivity contribution is 0.486. The van der Waals surface area contributed by atoms with E-state index in [0.29, 0.717) is 5.82 Å². The molecule has 8 aromatic rings. The van der Waals surface area contributed by atoms with E-state index in [1.54, 1.807) is 6.20 Å². The summed E-state index contributed by atoms with van der Waals surface area (Å²) >= 11 is 0. The summed E-state index contributed by atoms with van der Waals surface area (Å²) in [6.07, 6.45) is 8.06. The molecule has 240 valence electrons. The van der Waals surface area contributed by atoms with Crippen molar-refractivity contribution in [2.24, 2.45) is 0 Å². The van der Waals surface area contributed by atoms with Gasteiger partial charge in [0.05, 0.1) is 11.4 Å². The minimum atomic E-state index is 0.664. The molecule has 0 unspecified atom stereocenters. The quantitative estimate of drug-likeness (QED) is 0.190. The van der Waals surface area contributed by atoms with E-state index in [4.69, 9.17) is 14.7 Å². The molecule has 0 saturated heterocycles. The van der Waals surface area contributed by atoms with Crippen molar-refractivity contribution in [1.82, 2.24) is 15.0 Å². The van der Waals surface area contributed by atoms with Gasteiger partial charge in [0.25, 0.3) is 0 Å². The molecule has 51 heavy (non-hydrogen) atoms. The fraction of sp³-hybridized carbons (Fsp3) is 0. The Morgan fingerprint density at radius 1 is 0.373 bits per heavy atom. The lowest BCUT2D eigenvalue weighted by Gasteiger charge is -2.16. The van der Waals surface area contributed by atoms with Crippen LogP contribution in [0, 0.1) is 0 Å². The maximum atomic E-state index is 6.77. The van der Waals surface area contributed by atoms with Gasteiger partial charge < -0.3 is 4.74 Å². The number of para-hydroxylation sites is 2. The number of fused-ring (bicyclic) bond motifs is 6. The van der Waals surface area contributed by atoms with Gasteiger partial charge in [0.15, 0.2) is 5.82 Å². The third kappa shape index (κ3) is 6.00. The van der Waals surface area contributed by atoms with Crippen LogP contribution >= 0.6 is 0 Å². The van der Waals surface area contributed by atoms with Crippen LogP contribution in [0.2, 0.25) is 0 Å². The van der Waals surface area contributed by atoms with Crippen LogP contribution in [0.4, 0.5) is 0 Å². The van der Waals surface area contributed by atoms with Gasteiger partial charge in [0, 0.05) is 40.2 Å². The van der Waals surface area contributed by atoms with Crippen LogP contribution in [0.25, 0.3) is 79.4 Å². The molecule has 1 aliphatic rings. The zero-order chi connectivity index (χ0) is 34.0. The molecule has 6 aromatic carbocycles. The molecular formula is C47H31N3O. The van der Waals surface area contributed by atoms with Crippen molar-refractivity contribution in [2.75, 3.05) is 0 Å².